The van der Waals surface area contributed by atoms with Crippen molar-refractivity contribution in [2.75, 3.05) is 57.3 Å². The summed E-state index contributed by atoms with van der Waals surface area (Å²) in [4.78, 5) is 19.9. The van der Waals surface area contributed by atoms with E-state index in [-0.39, 0.29) is 11.8 Å². The quantitative estimate of drug-likeness (QED) is 0.491. The van der Waals surface area contributed by atoms with Gasteiger partial charge < -0.3 is 15.1 Å². The third-order valence-corrected chi connectivity index (χ3v) is 7.42. The molecule has 4 rings (SSSR count). The van der Waals surface area contributed by atoms with Gasteiger partial charge in [-0.05, 0) is 43.2 Å². The molecule has 182 valence electrons. The van der Waals surface area contributed by atoms with Gasteiger partial charge >= 0.3 is 0 Å². The highest BCUT2D eigenvalue weighted by molar-refractivity contribution is 6.43. The Labute approximate surface area is 213 Å². The normalized spacial score (nSPS) is 18.8. The van der Waals surface area contributed by atoms with E-state index in [1.54, 1.807) is 0 Å². The van der Waals surface area contributed by atoms with Crippen LogP contribution in [0.4, 0.5) is 5.69 Å². The molecule has 1 saturated heterocycles. The molecule has 1 atom stereocenters. The van der Waals surface area contributed by atoms with Gasteiger partial charge in [-0.3, -0.25) is 9.69 Å². The fraction of sp³-hybridized carbons (Fsp3) is 0.444. The van der Waals surface area contributed by atoms with Crippen LogP contribution in [0, 0.1) is 5.92 Å². The molecule has 5 nitrogen and oxygen atoms in total. The number of hydrogen-bond donors (Lipinski definition) is 1. The van der Waals surface area contributed by atoms with Gasteiger partial charge in [0.05, 0.1) is 21.7 Å². The first-order chi connectivity index (χ1) is 16.6. The second-order valence-corrected chi connectivity index (χ2v) is 9.80. The Hall–Kier alpha value is -2.21. The summed E-state index contributed by atoms with van der Waals surface area (Å²) < 4.78 is 0. The second kappa shape index (κ2) is 12.0. The number of carbonyl (C=O) groups excluding carboxylic acids is 1. The number of halogens is 2. The highest BCUT2D eigenvalue weighted by Gasteiger charge is 2.28. The predicted octanol–water partition coefficient (Wildman–Crippen LogP) is 5.00. The third kappa shape index (κ3) is 6.07. The zero-order valence-electron chi connectivity index (χ0n) is 19.9. The first-order valence-corrected chi connectivity index (χ1v) is 13.0. The van der Waals surface area contributed by atoms with Crippen molar-refractivity contribution in [2.24, 2.45) is 5.92 Å². The van der Waals surface area contributed by atoms with Gasteiger partial charge in [0.15, 0.2) is 0 Å². The van der Waals surface area contributed by atoms with Crippen LogP contribution in [0.15, 0.2) is 54.6 Å². The van der Waals surface area contributed by atoms with Crippen LogP contribution in [-0.4, -0.2) is 68.1 Å². The van der Waals surface area contributed by atoms with E-state index in [9.17, 15) is 4.79 Å². The lowest BCUT2D eigenvalue weighted by molar-refractivity contribution is -0.123. The molecule has 0 aromatic heterocycles. The Balaban J connectivity index is 1.20. The van der Waals surface area contributed by atoms with Crippen molar-refractivity contribution >= 4 is 40.5 Å². The average molecular weight is 502 g/mol. The van der Waals surface area contributed by atoms with Crippen LogP contribution in [0.1, 0.15) is 25.3 Å². The summed E-state index contributed by atoms with van der Waals surface area (Å²) in [6.45, 7) is 9.41. The lowest BCUT2D eigenvalue weighted by Crippen LogP contribution is -2.47. The summed E-state index contributed by atoms with van der Waals surface area (Å²) in [7, 11) is 0. The minimum Gasteiger partial charge on any atom is -0.370 e. The minimum absolute atomic E-state index is 0.0901. The number of piperazine rings is 1. The summed E-state index contributed by atoms with van der Waals surface area (Å²) in [5, 5.41) is 4.40. The summed E-state index contributed by atoms with van der Waals surface area (Å²) >= 11 is 12.6. The molecule has 0 spiro atoms. The van der Waals surface area contributed by atoms with Gasteiger partial charge in [0, 0.05) is 51.5 Å². The van der Waals surface area contributed by atoms with E-state index in [0.29, 0.717) is 16.6 Å². The first kappa shape index (κ1) is 24.9. The molecular formula is C27H34Cl2N4O. The molecule has 1 fully saturated rings. The molecule has 0 saturated carbocycles. The van der Waals surface area contributed by atoms with Crippen LogP contribution < -0.4 is 10.2 Å². The van der Waals surface area contributed by atoms with E-state index in [4.69, 9.17) is 23.2 Å². The monoisotopic (exact) mass is 500 g/mol. The molecule has 1 amide bonds. The lowest BCUT2D eigenvalue weighted by atomic mass is 10.1. The van der Waals surface area contributed by atoms with Crippen LogP contribution in [0.2, 0.25) is 10.0 Å². The van der Waals surface area contributed by atoms with Crippen molar-refractivity contribution in [1.82, 2.24) is 15.1 Å². The molecule has 2 aromatic rings. The molecule has 0 radical (unpaired) electrons. The Morgan fingerprint density at radius 1 is 1.00 bits per heavy atom. The van der Waals surface area contributed by atoms with Crippen LogP contribution in [-0.2, 0) is 4.79 Å². The van der Waals surface area contributed by atoms with Crippen LogP contribution >= 0.6 is 23.2 Å². The molecule has 0 bridgehead atoms. The third-order valence-electron chi connectivity index (χ3n) is 6.61. The van der Waals surface area contributed by atoms with E-state index >= 15 is 0 Å². The molecule has 2 aliphatic rings. The zero-order chi connectivity index (χ0) is 23.9. The van der Waals surface area contributed by atoms with Crippen LogP contribution in [0.25, 0.3) is 5.70 Å². The van der Waals surface area contributed by atoms with Gasteiger partial charge in [-0.15, -0.1) is 0 Å². The highest BCUT2D eigenvalue weighted by atomic mass is 35.5. The van der Waals surface area contributed by atoms with Crippen LogP contribution in [0.3, 0.4) is 0 Å². The van der Waals surface area contributed by atoms with Gasteiger partial charge in [-0.2, -0.15) is 0 Å². The number of anilines is 1. The maximum atomic E-state index is 12.9. The van der Waals surface area contributed by atoms with Gasteiger partial charge in [0.2, 0.25) is 5.91 Å². The lowest BCUT2D eigenvalue weighted by Gasteiger charge is -2.36. The topological polar surface area (TPSA) is 38.8 Å². The Morgan fingerprint density at radius 2 is 1.76 bits per heavy atom. The molecule has 1 unspecified atom stereocenters. The Morgan fingerprint density at radius 3 is 2.50 bits per heavy atom. The Bertz CT molecular complexity index is 989. The van der Waals surface area contributed by atoms with Crippen molar-refractivity contribution in [3.63, 3.8) is 0 Å². The van der Waals surface area contributed by atoms with Gasteiger partial charge in [-0.1, -0.05) is 66.5 Å². The molecule has 2 heterocycles. The molecule has 2 aromatic carbocycles. The molecule has 2 aliphatic heterocycles. The zero-order valence-corrected chi connectivity index (χ0v) is 21.4. The van der Waals surface area contributed by atoms with Crippen molar-refractivity contribution in [2.45, 2.75) is 19.8 Å². The van der Waals surface area contributed by atoms with Gasteiger partial charge in [0.1, 0.15) is 0 Å². The second-order valence-electron chi connectivity index (χ2n) is 9.02. The van der Waals surface area contributed by atoms with E-state index in [1.165, 1.54) is 11.3 Å². The van der Waals surface area contributed by atoms with Crippen molar-refractivity contribution in [1.29, 1.82) is 0 Å². The van der Waals surface area contributed by atoms with E-state index in [1.807, 2.05) is 24.3 Å². The predicted molar refractivity (Wildman–Crippen MR) is 143 cm³/mol. The van der Waals surface area contributed by atoms with E-state index < -0.39 is 0 Å². The largest absolute Gasteiger partial charge is 0.370 e. The van der Waals surface area contributed by atoms with Crippen molar-refractivity contribution in [3.8, 4) is 0 Å². The smallest absolute Gasteiger partial charge is 0.228 e. The van der Waals surface area contributed by atoms with Crippen molar-refractivity contribution < 1.29 is 4.79 Å². The number of hydrogen-bond acceptors (Lipinski definition) is 4. The maximum Gasteiger partial charge on any atom is 0.228 e. The molecule has 7 heteroatoms. The van der Waals surface area contributed by atoms with E-state index in [0.717, 1.165) is 64.3 Å². The van der Waals surface area contributed by atoms with Gasteiger partial charge in [0.25, 0.3) is 0 Å². The number of benzene rings is 2. The standard InChI is InChI=1S/C27H34Cl2N4O/c1-2-13-33-20-22(19-25(33)21-8-4-3-5-9-21)27(34)30-12-7-14-31-15-17-32(18-16-31)24-11-6-10-23(28)26(24)29/h3-6,8-11,19,22H,2,7,12-18,20H2,1H3,(H,30,34). The number of nitrogens with zero attached hydrogens (tertiary/aromatic N) is 3. The molecule has 34 heavy (non-hydrogen) atoms. The van der Waals surface area contributed by atoms with E-state index in [2.05, 4.69) is 57.3 Å². The molecule has 1 N–H and O–H groups in total. The number of nitrogens with one attached hydrogen (secondary N) is 1. The van der Waals surface area contributed by atoms with Gasteiger partial charge in [-0.25, -0.2) is 0 Å². The number of amides is 1. The summed E-state index contributed by atoms with van der Waals surface area (Å²) in [6.07, 6.45) is 4.15. The SMILES string of the molecule is CCCN1CC(C(=O)NCCCN2CCN(c3cccc(Cl)c3Cl)CC2)C=C1c1ccccc1. The van der Waals surface area contributed by atoms with Crippen LogP contribution in [0.5, 0.6) is 0 Å². The Kier molecular flexibility index (Phi) is 8.76. The molecule has 0 aliphatic carbocycles. The number of rotatable bonds is 9. The fourth-order valence-corrected chi connectivity index (χ4v) is 5.22. The molecular weight excluding hydrogens is 467 g/mol. The first-order valence-electron chi connectivity index (χ1n) is 12.3. The maximum absolute atomic E-state index is 12.9. The fourth-order valence-electron chi connectivity index (χ4n) is 4.81. The summed E-state index contributed by atoms with van der Waals surface area (Å²) in [5.41, 5.74) is 3.38. The summed E-state index contributed by atoms with van der Waals surface area (Å²) in [6, 6.07) is 16.2. The highest BCUT2D eigenvalue weighted by Crippen LogP contribution is 2.33. The average Bonchev–Trinajstić information content (AvgIpc) is 3.29. The van der Waals surface area contributed by atoms with Crippen molar-refractivity contribution in [3.05, 3.63) is 70.2 Å². The number of carbonyl (C=O) groups is 1. The minimum atomic E-state index is -0.0901. The summed E-state index contributed by atoms with van der Waals surface area (Å²) in [5.74, 6) is 0.0418.